The van der Waals surface area contributed by atoms with Crippen molar-refractivity contribution >= 4 is 11.6 Å². The number of hydrogen-bond acceptors (Lipinski definition) is 3. The molecule has 1 amide bonds. The van der Waals surface area contributed by atoms with Crippen molar-refractivity contribution in [3.05, 3.63) is 48.3 Å². The molecule has 0 fully saturated rings. The number of aromatic nitrogens is 1. The standard InChI is InChI=1S/C12H13N3O2/c1-17-11-8-9(13)4-5-10(11)12(16)14-15-6-2-3-7-15/h2-8H,13H2,1H3,(H,14,16). The molecule has 2 aromatic rings. The maximum atomic E-state index is 12.0. The first-order valence-corrected chi connectivity index (χ1v) is 5.08. The zero-order valence-corrected chi connectivity index (χ0v) is 9.38. The summed E-state index contributed by atoms with van der Waals surface area (Å²) in [7, 11) is 1.50. The number of anilines is 1. The Labute approximate surface area is 98.8 Å². The van der Waals surface area contributed by atoms with Gasteiger partial charge in [-0.05, 0) is 24.3 Å². The van der Waals surface area contributed by atoms with Gasteiger partial charge in [0.25, 0.3) is 5.91 Å². The highest BCUT2D eigenvalue weighted by atomic mass is 16.5. The van der Waals surface area contributed by atoms with Gasteiger partial charge in [0.2, 0.25) is 0 Å². The van der Waals surface area contributed by atoms with Gasteiger partial charge in [-0.15, -0.1) is 0 Å². The van der Waals surface area contributed by atoms with E-state index in [1.54, 1.807) is 35.3 Å². The molecule has 2 rings (SSSR count). The minimum absolute atomic E-state index is 0.252. The number of nitrogen functional groups attached to an aromatic ring is 1. The van der Waals surface area contributed by atoms with E-state index in [-0.39, 0.29) is 5.91 Å². The van der Waals surface area contributed by atoms with E-state index in [4.69, 9.17) is 10.5 Å². The van der Waals surface area contributed by atoms with Crippen molar-refractivity contribution in [1.82, 2.24) is 4.68 Å². The van der Waals surface area contributed by atoms with E-state index in [1.807, 2.05) is 12.1 Å². The van der Waals surface area contributed by atoms with Crippen molar-refractivity contribution in [2.75, 3.05) is 18.3 Å². The number of nitrogens with two attached hydrogens (primary N) is 1. The van der Waals surface area contributed by atoms with Gasteiger partial charge >= 0.3 is 0 Å². The molecule has 0 aliphatic rings. The molecule has 1 heterocycles. The first-order chi connectivity index (χ1) is 8.20. The molecule has 0 radical (unpaired) electrons. The van der Waals surface area contributed by atoms with Crippen molar-refractivity contribution in [2.45, 2.75) is 0 Å². The third-order valence-electron chi connectivity index (χ3n) is 2.31. The van der Waals surface area contributed by atoms with Crippen molar-refractivity contribution in [1.29, 1.82) is 0 Å². The highest BCUT2D eigenvalue weighted by Gasteiger charge is 2.12. The lowest BCUT2D eigenvalue weighted by molar-refractivity contribution is 0.100. The number of carbonyl (C=O) groups is 1. The van der Waals surface area contributed by atoms with Crippen LogP contribution >= 0.6 is 0 Å². The van der Waals surface area contributed by atoms with Crippen LogP contribution in [0.4, 0.5) is 5.69 Å². The minimum atomic E-state index is -0.252. The maximum absolute atomic E-state index is 12.0. The topological polar surface area (TPSA) is 69.3 Å². The number of benzene rings is 1. The Morgan fingerprint density at radius 1 is 1.35 bits per heavy atom. The third-order valence-corrected chi connectivity index (χ3v) is 2.31. The Morgan fingerprint density at radius 2 is 2.06 bits per heavy atom. The van der Waals surface area contributed by atoms with Gasteiger partial charge in [-0.2, -0.15) is 0 Å². The number of amides is 1. The van der Waals surface area contributed by atoms with Crippen LogP contribution in [0.5, 0.6) is 5.75 Å². The highest BCUT2D eigenvalue weighted by molar-refractivity contribution is 6.02. The van der Waals surface area contributed by atoms with Gasteiger partial charge in [0, 0.05) is 24.1 Å². The van der Waals surface area contributed by atoms with Crippen molar-refractivity contribution < 1.29 is 9.53 Å². The zero-order valence-electron chi connectivity index (χ0n) is 9.38. The Balaban J connectivity index is 2.24. The van der Waals surface area contributed by atoms with Crippen LogP contribution < -0.4 is 15.9 Å². The molecule has 0 saturated carbocycles. The smallest absolute Gasteiger partial charge is 0.273 e. The molecule has 0 aliphatic carbocycles. The van der Waals surface area contributed by atoms with Gasteiger partial charge in [-0.1, -0.05) is 0 Å². The number of ether oxygens (including phenoxy) is 1. The molecule has 5 nitrogen and oxygen atoms in total. The molecule has 0 saturated heterocycles. The predicted molar refractivity (Wildman–Crippen MR) is 65.5 cm³/mol. The van der Waals surface area contributed by atoms with Crippen LogP contribution in [0.25, 0.3) is 0 Å². The zero-order chi connectivity index (χ0) is 12.3. The first kappa shape index (κ1) is 11.1. The molecule has 0 bridgehead atoms. The lowest BCUT2D eigenvalue weighted by Crippen LogP contribution is -2.21. The predicted octanol–water partition coefficient (Wildman–Crippen LogP) is 1.46. The fourth-order valence-electron chi connectivity index (χ4n) is 1.48. The summed E-state index contributed by atoms with van der Waals surface area (Å²) >= 11 is 0. The average molecular weight is 231 g/mol. The normalized spacial score (nSPS) is 9.94. The summed E-state index contributed by atoms with van der Waals surface area (Å²) in [6.45, 7) is 0. The molecule has 17 heavy (non-hydrogen) atoms. The molecular weight excluding hydrogens is 218 g/mol. The minimum Gasteiger partial charge on any atom is -0.496 e. The average Bonchev–Trinajstić information content (AvgIpc) is 2.81. The Bertz CT molecular complexity index is 521. The number of nitrogens with zero attached hydrogens (tertiary/aromatic N) is 1. The molecule has 1 aromatic heterocycles. The van der Waals surface area contributed by atoms with E-state index in [0.29, 0.717) is 17.0 Å². The maximum Gasteiger partial charge on any atom is 0.273 e. The van der Waals surface area contributed by atoms with E-state index in [2.05, 4.69) is 5.43 Å². The number of rotatable bonds is 3. The van der Waals surface area contributed by atoms with Gasteiger partial charge < -0.3 is 10.5 Å². The molecule has 0 aliphatic heterocycles. The Morgan fingerprint density at radius 3 is 2.71 bits per heavy atom. The lowest BCUT2D eigenvalue weighted by Gasteiger charge is -2.10. The number of hydrogen-bond donors (Lipinski definition) is 2. The molecule has 3 N–H and O–H groups in total. The van der Waals surface area contributed by atoms with Gasteiger partial charge in [0.05, 0.1) is 12.7 Å². The summed E-state index contributed by atoms with van der Waals surface area (Å²) < 4.78 is 6.68. The fraction of sp³-hybridized carbons (Fsp3) is 0.0833. The van der Waals surface area contributed by atoms with Crippen LogP contribution in [0.15, 0.2) is 42.7 Å². The van der Waals surface area contributed by atoms with Crippen molar-refractivity contribution in [3.63, 3.8) is 0 Å². The molecule has 1 aromatic carbocycles. The van der Waals surface area contributed by atoms with Crippen LogP contribution in [0, 0.1) is 0 Å². The molecular formula is C12H13N3O2. The summed E-state index contributed by atoms with van der Waals surface area (Å²) in [5.41, 5.74) is 9.31. The largest absolute Gasteiger partial charge is 0.496 e. The number of nitrogens with one attached hydrogen (secondary N) is 1. The monoisotopic (exact) mass is 231 g/mol. The van der Waals surface area contributed by atoms with Crippen LogP contribution in [0.2, 0.25) is 0 Å². The van der Waals surface area contributed by atoms with Crippen molar-refractivity contribution in [3.8, 4) is 5.75 Å². The van der Waals surface area contributed by atoms with E-state index >= 15 is 0 Å². The Hall–Kier alpha value is -2.43. The van der Waals surface area contributed by atoms with E-state index < -0.39 is 0 Å². The quantitative estimate of drug-likeness (QED) is 0.786. The number of methoxy groups -OCH3 is 1. The van der Waals surface area contributed by atoms with Crippen LogP contribution in [0.3, 0.4) is 0 Å². The fourth-order valence-corrected chi connectivity index (χ4v) is 1.48. The summed E-state index contributed by atoms with van der Waals surface area (Å²) in [6.07, 6.45) is 3.48. The van der Waals surface area contributed by atoms with E-state index in [0.717, 1.165) is 0 Å². The van der Waals surface area contributed by atoms with Crippen LogP contribution in [0.1, 0.15) is 10.4 Å². The molecule has 5 heteroatoms. The summed E-state index contributed by atoms with van der Waals surface area (Å²) in [4.78, 5) is 12.0. The van der Waals surface area contributed by atoms with Gasteiger partial charge in [0.1, 0.15) is 5.75 Å². The van der Waals surface area contributed by atoms with Crippen molar-refractivity contribution in [2.24, 2.45) is 0 Å². The molecule has 0 unspecified atom stereocenters. The van der Waals surface area contributed by atoms with E-state index in [1.165, 1.54) is 7.11 Å². The Kier molecular flexibility index (Phi) is 3.00. The molecule has 88 valence electrons. The first-order valence-electron chi connectivity index (χ1n) is 5.08. The third kappa shape index (κ3) is 2.39. The summed E-state index contributed by atoms with van der Waals surface area (Å²) in [5.74, 6) is 0.202. The highest BCUT2D eigenvalue weighted by Crippen LogP contribution is 2.21. The number of carbonyl (C=O) groups excluding carboxylic acids is 1. The van der Waals surface area contributed by atoms with Gasteiger partial charge in [0.15, 0.2) is 0 Å². The second-order valence-corrected chi connectivity index (χ2v) is 3.49. The van der Waals surface area contributed by atoms with Gasteiger partial charge in [-0.3, -0.25) is 14.9 Å². The summed E-state index contributed by atoms with van der Waals surface area (Å²) in [6, 6.07) is 8.55. The summed E-state index contributed by atoms with van der Waals surface area (Å²) in [5, 5.41) is 0. The van der Waals surface area contributed by atoms with Crippen LogP contribution in [-0.4, -0.2) is 17.7 Å². The van der Waals surface area contributed by atoms with Crippen LogP contribution in [-0.2, 0) is 0 Å². The SMILES string of the molecule is COc1cc(N)ccc1C(=O)Nn1cccc1. The molecule has 0 spiro atoms. The second-order valence-electron chi connectivity index (χ2n) is 3.49. The second kappa shape index (κ2) is 4.61. The van der Waals surface area contributed by atoms with E-state index in [9.17, 15) is 4.79 Å². The lowest BCUT2D eigenvalue weighted by atomic mass is 10.1. The molecule has 0 atom stereocenters. The van der Waals surface area contributed by atoms with Gasteiger partial charge in [-0.25, -0.2) is 0 Å².